The summed E-state index contributed by atoms with van der Waals surface area (Å²) in [7, 11) is 1.66. The number of ether oxygens (including phenoxy) is 1. The molecule has 26 heavy (non-hydrogen) atoms. The third-order valence-electron chi connectivity index (χ3n) is 4.81. The van der Waals surface area contributed by atoms with E-state index in [4.69, 9.17) is 10.5 Å². The van der Waals surface area contributed by atoms with Crippen LogP contribution in [0, 0.1) is 17.0 Å². The predicted octanol–water partition coefficient (Wildman–Crippen LogP) is 2.82. The summed E-state index contributed by atoms with van der Waals surface area (Å²) in [5.74, 6) is 0.854. The van der Waals surface area contributed by atoms with Crippen LogP contribution in [-0.4, -0.2) is 43.1 Å². The minimum Gasteiger partial charge on any atom is -0.497 e. The van der Waals surface area contributed by atoms with Gasteiger partial charge in [-0.1, -0.05) is 12.1 Å². The van der Waals surface area contributed by atoms with Gasteiger partial charge in [-0.25, -0.2) is 0 Å². The lowest BCUT2D eigenvalue weighted by molar-refractivity contribution is -0.384. The molecule has 2 aromatic rings. The van der Waals surface area contributed by atoms with Gasteiger partial charge in [0.05, 0.1) is 12.0 Å². The zero-order valence-corrected chi connectivity index (χ0v) is 15.1. The molecular weight excluding hydrogens is 332 g/mol. The zero-order valence-electron chi connectivity index (χ0n) is 15.1. The fourth-order valence-electron chi connectivity index (χ4n) is 3.27. The van der Waals surface area contributed by atoms with Crippen LogP contribution < -0.4 is 15.4 Å². The predicted molar refractivity (Wildman–Crippen MR) is 103 cm³/mol. The summed E-state index contributed by atoms with van der Waals surface area (Å²) in [6, 6.07) is 11.3. The van der Waals surface area contributed by atoms with Crippen molar-refractivity contribution in [3.8, 4) is 5.75 Å². The summed E-state index contributed by atoms with van der Waals surface area (Å²) >= 11 is 0. The second-order valence-electron chi connectivity index (χ2n) is 6.57. The van der Waals surface area contributed by atoms with Crippen LogP contribution in [0.1, 0.15) is 11.1 Å². The van der Waals surface area contributed by atoms with Crippen molar-refractivity contribution < 1.29 is 9.66 Å². The third-order valence-corrected chi connectivity index (χ3v) is 4.81. The van der Waals surface area contributed by atoms with Gasteiger partial charge in [0, 0.05) is 44.5 Å². The Hall–Kier alpha value is -2.80. The first-order valence-corrected chi connectivity index (χ1v) is 8.62. The highest BCUT2D eigenvalue weighted by Crippen LogP contribution is 2.33. The molecule has 0 saturated carbocycles. The Kier molecular flexibility index (Phi) is 5.27. The normalized spacial score (nSPS) is 15.1. The number of methoxy groups -OCH3 is 1. The van der Waals surface area contributed by atoms with E-state index in [0.29, 0.717) is 11.4 Å². The van der Waals surface area contributed by atoms with Crippen LogP contribution in [0.4, 0.5) is 17.1 Å². The molecular formula is C19H24N4O3. The van der Waals surface area contributed by atoms with Crippen LogP contribution in [0.15, 0.2) is 36.4 Å². The number of hydrogen-bond acceptors (Lipinski definition) is 6. The van der Waals surface area contributed by atoms with Gasteiger partial charge in [0.1, 0.15) is 11.4 Å². The molecule has 0 unspecified atom stereocenters. The quantitative estimate of drug-likeness (QED) is 0.504. The molecule has 2 N–H and O–H groups in total. The highest BCUT2D eigenvalue weighted by atomic mass is 16.6. The fourth-order valence-corrected chi connectivity index (χ4v) is 3.27. The summed E-state index contributed by atoms with van der Waals surface area (Å²) in [5.41, 5.74) is 9.23. The Bertz CT molecular complexity index is 801. The van der Waals surface area contributed by atoms with Crippen molar-refractivity contribution in [3.63, 3.8) is 0 Å². The monoisotopic (exact) mass is 356 g/mol. The first-order chi connectivity index (χ1) is 12.5. The summed E-state index contributed by atoms with van der Waals surface area (Å²) in [4.78, 5) is 15.5. The Balaban J connectivity index is 1.69. The minimum absolute atomic E-state index is 0.123. The maximum Gasteiger partial charge on any atom is 0.292 e. The van der Waals surface area contributed by atoms with E-state index in [1.165, 1.54) is 5.56 Å². The van der Waals surface area contributed by atoms with Gasteiger partial charge in [-0.05, 0) is 36.2 Å². The summed E-state index contributed by atoms with van der Waals surface area (Å²) in [6.07, 6.45) is 0. The molecule has 7 nitrogen and oxygen atoms in total. The van der Waals surface area contributed by atoms with E-state index in [0.717, 1.165) is 44.0 Å². The number of rotatable bonds is 5. The van der Waals surface area contributed by atoms with E-state index in [-0.39, 0.29) is 10.6 Å². The average Bonchev–Trinajstić information content (AvgIpc) is 2.64. The largest absolute Gasteiger partial charge is 0.497 e. The third kappa shape index (κ3) is 3.88. The SMILES string of the molecule is COc1cccc(CN2CCN(c3cc(N)c(C)cc3[N+](=O)[O-])CC2)c1. The number of hydrogen-bond donors (Lipinski definition) is 1. The molecule has 0 atom stereocenters. The molecule has 1 heterocycles. The second kappa shape index (κ2) is 7.61. The summed E-state index contributed by atoms with van der Waals surface area (Å²) < 4.78 is 5.27. The van der Waals surface area contributed by atoms with Crippen molar-refractivity contribution in [2.45, 2.75) is 13.5 Å². The second-order valence-corrected chi connectivity index (χ2v) is 6.57. The summed E-state index contributed by atoms with van der Waals surface area (Å²) in [5, 5.41) is 11.4. The van der Waals surface area contributed by atoms with Crippen LogP contribution in [0.25, 0.3) is 0 Å². The van der Waals surface area contributed by atoms with Gasteiger partial charge in [0.25, 0.3) is 5.69 Å². The van der Waals surface area contributed by atoms with E-state index in [1.807, 2.05) is 18.2 Å². The van der Waals surface area contributed by atoms with Gasteiger partial charge in [0.15, 0.2) is 0 Å². The van der Waals surface area contributed by atoms with Gasteiger partial charge in [-0.3, -0.25) is 15.0 Å². The Morgan fingerprint density at radius 3 is 2.58 bits per heavy atom. The van der Waals surface area contributed by atoms with Crippen LogP contribution in [0.2, 0.25) is 0 Å². The summed E-state index contributed by atoms with van der Waals surface area (Å²) in [6.45, 7) is 5.76. The molecule has 138 valence electrons. The van der Waals surface area contributed by atoms with E-state index < -0.39 is 0 Å². The minimum atomic E-state index is -0.329. The molecule has 0 bridgehead atoms. The molecule has 1 fully saturated rings. The zero-order chi connectivity index (χ0) is 18.7. The average molecular weight is 356 g/mol. The van der Waals surface area contributed by atoms with Crippen molar-refractivity contribution in [1.29, 1.82) is 0 Å². The standard InChI is InChI=1S/C19H24N4O3/c1-14-10-19(23(24)25)18(12-17(14)20)22-8-6-21(7-9-22)13-15-4-3-5-16(11-15)26-2/h3-5,10-12H,6-9,13,20H2,1-2H3. The highest BCUT2D eigenvalue weighted by molar-refractivity contribution is 5.71. The number of benzene rings is 2. The Morgan fingerprint density at radius 2 is 1.92 bits per heavy atom. The smallest absolute Gasteiger partial charge is 0.292 e. The maximum absolute atomic E-state index is 11.4. The first kappa shape index (κ1) is 18.0. The number of nitrogens with zero attached hydrogens (tertiary/aromatic N) is 3. The van der Waals surface area contributed by atoms with E-state index in [1.54, 1.807) is 26.2 Å². The molecule has 0 aliphatic carbocycles. The van der Waals surface area contributed by atoms with E-state index >= 15 is 0 Å². The Labute approximate surface area is 153 Å². The van der Waals surface area contributed by atoms with Crippen molar-refractivity contribution in [1.82, 2.24) is 4.90 Å². The van der Waals surface area contributed by atoms with E-state index in [2.05, 4.69) is 15.9 Å². The van der Waals surface area contributed by atoms with E-state index in [9.17, 15) is 10.1 Å². The van der Waals surface area contributed by atoms with Crippen molar-refractivity contribution in [3.05, 3.63) is 57.6 Å². The lowest BCUT2D eigenvalue weighted by Gasteiger charge is -2.36. The van der Waals surface area contributed by atoms with Gasteiger partial charge in [-0.15, -0.1) is 0 Å². The van der Waals surface area contributed by atoms with Gasteiger partial charge < -0.3 is 15.4 Å². The molecule has 1 aliphatic rings. The van der Waals surface area contributed by atoms with Crippen molar-refractivity contribution in [2.24, 2.45) is 0 Å². The van der Waals surface area contributed by atoms with Crippen LogP contribution in [-0.2, 0) is 6.54 Å². The lowest BCUT2D eigenvalue weighted by Crippen LogP contribution is -2.46. The number of nitro groups is 1. The van der Waals surface area contributed by atoms with Gasteiger partial charge in [-0.2, -0.15) is 0 Å². The fraction of sp³-hybridized carbons (Fsp3) is 0.368. The number of nitrogens with two attached hydrogens (primary N) is 1. The van der Waals surface area contributed by atoms with Crippen molar-refractivity contribution in [2.75, 3.05) is 43.9 Å². The lowest BCUT2D eigenvalue weighted by atomic mass is 10.1. The van der Waals surface area contributed by atoms with Crippen LogP contribution in [0.5, 0.6) is 5.75 Å². The molecule has 1 aliphatic heterocycles. The molecule has 3 rings (SSSR count). The van der Waals surface area contributed by atoms with Gasteiger partial charge in [0.2, 0.25) is 0 Å². The molecule has 0 radical (unpaired) electrons. The molecule has 2 aromatic carbocycles. The van der Waals surface area contributed by atoms with Gasteiger partial charge >= 0.3 is 0 Å². The Morgan fingerprint density at radius 1 is 1.19 bits per heavy atom. The topological polar surface area (TPSA) is 84.9 Å². The number of aryl methyl sites for hydroxylation is 1. The molecule has 0 amide bonds. The molecule has 7 heteroatoms. The maximum atomic E-state index is 11.4. The number of anilines is 2. The number of nitrogen functional groups attached to an aromatic ring is 1. The molecule has 0 aromatic heterocycles. The van der Waals surface area contributed by atoms with Crippen LogP contribution in [0.3, 0.4) is 0 Å². The number of piperazine rings is 1. The highest BCUT2D eigenvalue weighted by Gasteiger charge is 2.24. The molecule has 1 saturated heterocycles. The number of nitro benzene ring substituents is 1. The first-order valence-electron chi connectivity index (χ1n) is 8.62. The molecule has 0 spiro atoms. The van der Waals surface area contributed by atoms with Crippen molar-refractivity contribution >= 4 is 17.1 Å². The van der Waals surface area contributed by atoms with Crippen LogP contribution >= 0.6 is 0 Å².